The lowest BCUT2D eigenvalue weighted by molar-refractivity contribution is 0.0610. The van der Waals surface area contributed by atoms with Crippen LogP contribution < -0.4 is 5.56 Å². The lowest BCUT2D eigenvalue weighted by Gasteiger charge is -2.43. The molecule has 0 bridgehead atoms. The predicted molar refractivity (Wildman–Crippen MR) is 94.7 cm³/mol. The molecule has 4 heteroatoms. The number of fused-ring (bicyclic) bond motifs is 1. The fraction of sp³-hybridized carbons (Fsp3) is 0.579. The average molecular weight is 313 g/mol. The Morgan fingerprint density at radius 1 is 1.17 bits per heavy atom. The maximum absolute atomic E-state index is 12.3. The Labute approximate surface area is 138 Å². The molecule has 0 aromatic carbocycles. The Balaban J connectivity index is 1.83. The Bertz CT molecular complexity index is 729. The van der Waals surface area contributed by atoms with E-state index in [4.69, 9.17) is 0 Å². The monoisotopic (exact) mass is 313 g/mol. The number of likely N-dealkylation sites (tertiary alicyclic amines) is 1. The van der Waals surface area contributed by atoms with E-state index >= 15 is 0 Å². The Hall–Kier alpha value is -1.68. The van der Waals surface area contributed by atoms with E-state index in [0.717, 1.165) is 30.7 Å². The summed E-state index contributed by atoms with van der Waals surface area (Å²) in [7, 11) is 0. The lowest BCUT2D eigenvalue weighted by Crippen LogP contribution is -2.48. The molecule has 1 aliphatic rings. The van der Waals surface area contributed by atoms with Crippen LogP contribution in [0.2, 0.25) is 0 Å². The molecule has 1 fully saturated rings. The smallest absolute Gasteiger partial charge is 0.251 e. The minimum Gasteiger partial charge on any atom is -0.305 e. The number of hydrogen-bond acceptors (Lipinski definition) is 3. The van der Waals surface area contributed by atoms with Crippen LogP contribution in [-0.2, 0) is 6.54 Å². The summed E-state index contributed by atoms with van der Waals surface area (Å²) in [5.41, 5.74) is 2.17. The second-order valence-corrected chi connectivity index (χ2v) is 7.64. The van der Waals surface area contributed by atoms with Gasteiger partial charge in [-0.25, -0.2) is 0 Å². The van der Waals surface area contributed by atoms with E-state index in [2.05, 4.69) is 30.7 Å². The van der Waals surface area contributed by atoms with Gasteiger partial charge in [0.25, 0.3) is 5.56 Å². The first-order chi connectivity index (χ1) is 11.0. The van der Waals surface area contributed by atoms with Crippen LogP contribution in [-0.4, -0.2) is 33.6 Å². The fourth-order valence-corrected chi connectivity index (χ4v) is 3.82. The van der Waals surface area contributed by atoms with Crippen molar-refractivity contribution < 1.29 is 0 Å². The van der Waals surface area contributed by atoms with Gasteiger partial charge < -0.3 is 4.57 Å². The van der Waals surface area contributed by atoms with Gasteiger partial charge in [-0.1, -0.05) is 27.2 Å². The Morgan fingerprint density at radius 2 is 2.00 bits per heavy atom. The highest BCUT2D eigenvalue weighted by molar-refractivity contribution is 5.73. The molecule has 0 amide bonds. The molecule has 1 aliphatic heterocycles. The maximum Gasteiger partial charge on any atom is 0.251 e. The highest BCUT2D eigenvalue weighted by Crippen LogP contribution is 2.31. The van der Waals surface area contributed by atoms with Crippen LogP contribution in [0.4, 0.5) is 0 Å². The number of pyridine rings is 2. The van der Waals surface area contributed by atoms with Gasteiger partial charge in [-0.05, 0) is 43.0 Å². The summed E-state index contributed by atoms with van der Waals surface area (Å²) in [6.45, 7) is 9.77. The third kappa shape index (κ3) is 3.47. The van der Waals surface area contributed by atoms with Gasteiger partial charge in [0, 0.05) is 31.4 Å². The predicted octanol–water partition coefficient (Wildman–Crippen LogP) is 3.30. The van der Waals surface area contributed by atoms with Crippen molar-refractivity contribution in [3.05, 3.63) is 40.8 Å². The van der Waals surface area contributed by atoms with Crippen molar-refractivity contribution in [1.29, 1.82) is 0 Å². The first-order valence-electron chi connectivity index (χ1n) is 8.65. The normalized spacial score (nSPS) is 20.0. The van der Waals surface area contributed by atoms with Crippen LogP contribution in [0.1, 0.15) is 40.0 Å². The molecule has 1 unspecified atom stereocenters. The first-order valence-corrected chi connectivity index (χ1v) is 8.65. The highest BCUT2D eigenvalue weighted by Gasteiger charge is 2.31. The molecule has 1 saturated heterocycles. The third-order valence-corrected chi connectivity index (χ3v) is 4.98. The van der Waals surface area contributed by atoms with Crippen molar-refractivity contribution in [2.24, 2.45) is 5.41 Å². The van der Waals surface area contributed by atoms with Crippen LogP contribution in [0.25, 0.3) is 11.0 Å². The van der Waals surface area contributed by atoms with Gasteiger partial charge in [-0.3, -0.25) is 14.7 Å². The summed E-state index contributed by atoms with van der Waals surface area (Å²) in [4.78, 5) is 19.2. The molecule has 2 aromatic heterocycles. The summed E-state index contributed by atoms with van der Waals surface area (Å²) in [5, 5.41) is 0. The molecular formula is C19H27N3O. The number of piperidine rings is 1. The molecule has 2 aromatic rings. The Kier molecular flexibility index (Phi) is 4.53. The molecule has 3 heterocycles. The van der Waals surface area contributed by atoms with Crippen LogP contribution in [0, 0.1) is 5.41 Å². The minimum atomic E-state index is 0.0646. The van der Waals surface area contributed by atoms with Crippen molar-refractivity contribution in [3.8, 4) is 0 Å². The zero-order valence-corrected chi connectivity index (χ0v) is 14.5. The molecule has 0 aliphatic carbocycles. The first kappa shape index (κ1) is 16.2. The molecule has 0 saturated carbocycles. The van der Waals surface area contributed by atoms with E-state index in [1.807, 2.05) is 22.8 Å². The second-order valence-electron chi connectivity index (χ2n) is 7.64. The van der Waals surface area contributed by atoms with E-state index in [1.165, 1.54) is 19.3 Å². The Morgan fingerprint density at radius 3 is 2.78 bits per heavy atom. The summed E-state index contributed by atoms with van der Waals surface area (Å²) in [5.74, 6) is 0. The number of hydrogen-bond donors (Lipinski definition) is 0. The summed E-state index contributed by atoms with van der Waals surface area (Å²) >= 11 is 0. The summed E-state index contributed by atoms with van der Waals surface area (Å²) < 4.78 is 1.87. The molecule has 1 atom stereocenters. The van der Waals surface area contributed by atoms with E-state index < -0.39 is 0 Å². The number of nitrogens with zero attached hydrogens (tertiary/aromatic N) is 3. The van der Waals surface area contributed by atoms with Crippen molar-refractivity contribution in [3.63, 3.8) is 0 Å². The van der Waals surface area contributed by atoms with E-state index in [1.54, 1.807) is 12.3 Å². The van der Waals surface area contributed by atoms with Gasteiger partial charge >= 0.3 is 0 Å². The number of rotatable bonds is 3. The van der Waals surface area contributed by atoms with E-state index in [0.29, 0.717) is 6.04 Å². The maximum atomic E-state index is 12.3. The molecular weight excluding hydrogens is 286 g/mol. The van der Waals surface area contributed by atoms with Gasteiger partial charge in [0.05, 0.1) is 11.0 Å². The number of aromatic nitrogens is 2. The van der Waals surface area contributed by atoms with Crippen LogP contribution in [0.5, 0.6) is 0 Å². The van der Waals surface area contributed by atoms with Crippen molar-refractivity contribution in [2.75, 3.05) is 13.1 Å². The molecule has 0 radical (unpaired) electrons. The van der Waals surface area contributed by atoms with Gasteiger partial charge in [0.15, 0.2) is 0 Å². The fourth-order valence-electron chi connectivity index (χ4n) is 3.82. The van der Waals surface area contributed by atoms with Crippen LogP contribution in [0.15, 0.2) is 35.3 Å². The highest BCUT2D eigenvalue weighted by atomic mass is 16.1. The van der Waals surface area contributed by atoms with Crippen molar-refractivity contribution in [1.82, 2.24) is 14.5 Å². The van der Waals surface area contributed by atoms with Gasteiger partial charge in [-0.15, -0.1) is 0 Å². The SMILES string of the molecule is CC(C)(C)C1CCCCN1CCn1c(=O)ccc2ncccc21. The quantitative estimate of drug-likeness (QED) is 0.872. The van der Waals surface area contributed by atoms with E-state index in [9.17, 15) is 4.79 Å². The molecule has 0 N–H and O–H groups in total. The van der Waals surface area contributed by atoms with Gasteiger partial charge in [-0.2, -0.15) is 0 Å². The van der Waals surface area contributed by atoms with E-state index in [-0.39, 0.29) is 11.0 Å². The van der Waals surface area contributed by atoms with Crippen LogP contribution in [0.3, 0.4) is 0 Å². The zero-order valence-electron chi connectivity index (χ0n) is 14.5. The standard InChI is InChI=1S/C19H27N3O/c1-19(2,3)17-8-4-5-12-21(17)13-14-22-16-7-6-11-20-15(16)9-10-18(22)23/h6-7,9-11,17H,4-5,8,12-14H2,1-3H3. The summed E-state index contributed by atoms with van der Waals surface area (Å²) in [6, 6.07) is 7.93. The van der Waals surface area contributed by atoms with Crippen molar-refractivity contribution in [2.45, 2.75) is 52.6 Å². The van der Waals surface area contributed by atoms with Gasteiger partial charge in [0.1, 0.15) is 0 Å². The lowest BCUT2D eigenvalue weighted by atomic mass is 9.80. The van der Waals surface area contributed by atoms with Crippen molar-refractivity contribution >= 4 is 11.0 Å². The molecule has 0 spiro atoms. The molecule has 3 rings (SSSR count). The molecule has 23 heavy (non-hydrogen) atoms. The minimum absolute atomic E-state index is 0.0646. The van der Waals surface area contributed by atoms with Crippen LogP contribution >= 0.6 is 0 Å². The summed E-state index contributed by atoms with van der Waals surface area (Å²) in [6.07, 6.45) is 5.61. The zero-order chi connectivity index (χ0) is 16.4. The average Bonchev–Trinajstić information content (AvgIpc) is 2.53. The third-order valence-electron chi connectivity index (χ3n) is 4.98. The molecule has 4 nitrogen and oxygen atoms in total. The topological polar surface area (TPSA) is 38.1 Å². The second kappa shape index (κ2) is 6.44. The molecule has 124 valence electrons. The van der Waals surface area contributed by atoms with Gasteiger partial charge in [0.2, 0.25) is 0 Å². The largest absolute Gasteiger partial charge is 0.305 e.